The highest BCUT2D eigenvalue weighted by Crippen LogP contribution is 2.14. The lowest BCUT2D eigenvalue weighted by Gasteiger charge is -2.10. The van der Waals surface area contributed by atoms with Gasteiger partial charge in [-0.3, -0.25) is 5.10 Å². The number of hydrogen-bond donors (Lipinski definition) is 2. The van der Waals surface area contributed by atoms with Gasteiger partial charge >= 0.3 is 0 Å². The Morgan fingerprint density at radius 1 is 1.14 bits per heavy atom. The van der Waals surface area contributed by atoms with Crippen molar-refractivity contribution in [3.8, 4) is 5.69 Å². The van der Waals surface area contributed by atoms with Crippen LogP contribution in [-0.2, 0) is 16.6 Å². The molecule has 0 bridgehead atoms. The first-order valence-electron chi connectivity index (χ1n) is 6.24. The zero-order valence-corrected chi connectivity index (χ0v) is 11.8. The van der Waals surface area contributed by atoms with Crippen LogP contribution in [0.25, 0.3) is 5.69 Å². The normalized spacial score (nSPS) is 11.6. The van der Waals surface area contributed by atoms with E-state index in [4.69, 9.17) is 0 Å². The number of rotatable bonds is 5. The van der Waals surface area contributed by atoms with Gasteiger partial charge in [0.25, 0.3) is 10.0 Å². The van der Waals surface area contributed by atoms with Gasteiger partial charge < -0.3 is 0 Å². The number of aromatic nitrogens is 4. The number of H-pyrrole nitrogens is 1. The summed E-state index contributed by atoms with van der Waals surface area (Å²) >= 11 is 0. The topological polar surface area (TPSA) is 92.7 Å². The quantitative estimate of drug-likeness (QED) is 0.737. The summed E-state index contributed by atoms with van der Waals surface area (Å²) in [5.41, 5.74) is 1.65. The van der Waals surface area contributed by atoms with Gasteiger partial charge in [-0.25, -0.2) is 17.8 Å². The van der Waals surface area contributed by atoms with Crippen molar-refractivity contribution in [2.24, 2.45) is 0 Å². The fourth-order valence-corrected chi connectivity index (χ4v) is 2.85. The van der Waals surface area contributed by atoms with Gasteiger partial charge in [0.1, 0.15) is 0 Å². The van der Waals surface area contributed by atoms with Crippen molar-refractivity contribution in [2.45, 2.75) is 11.6 Å². The van der Waals surface area contributed by atoms with Crippen molar-refractivity contribution in [3.05, 3.63) is 60.6 Å². The van der Waals surface area contributed by atoms with E-state index in [-0.39, 0.29) is 11.6 Å². The Morgan fingerprint density at radius 2 is 2.00 bits per heavy atom. The van der Waals surface area contributed by atoms with Gasteiger partial charge in [0, 0.05) is 18.9 Å². The van der Waals surface area contributed by atoms with Crippen LogP contribution in [0.1, 0.15) is 5.56 Å². The summed E-state index contributed by atoms with van der Waals surface area (Å²) in [5.74, 6) is 0. The lowest BCUT2D eigenvalue weighted by atomic mass is 10.2. The van der Waals surface area contributed by atoms with Crippen molar-refractivity contribution in [2.75, 3.05) is 0 Å². The molecule has 0 saturated carbocycles. The predicted octanol–water partition coefficient (Wildman–Crippen LogP) is 1.07. The molecule has 0 aliphatic carbocycles. The number of benzene rings is 1. The minimum absolute atomic E-state index is 0.0408. The summed E-state index contributed by atoms with van der Waals surface area (Å²) in [5, 5.41) is 10.3. The van der Waals surface area contributed by atoms with Gasteiger partial charge in [0.2, 0.25) is 0 Å². The lowest BCUT2D eigenvalue weighted by Crippen LogP contribution is -2.24. The molecule has 7 nitrogen and oxygen atoms in total. The summed E-state index contributed by atoms with van der Waals surface area (Å²) in [6, 6.07) is 10.7. The Kier molecular flexibility index (Phi) is 3.55. The molecule has 0 amide bonds. The van der Waals surface area contributed by atoms with E-state index in [0.717, 1.165) is 11.3 Å². The molecule has 3 rings (SSSR count). The van der Waals surface area contributed by atoms with E-state index in [1.807, 2.05) is 36.5 Å². The van der Waals surface area contributed by atoms with Crippen LogP contribution < -0.4 is 4.72 Å². The molecule has 0 saturated heterocycles. The third-order valence-corrected chi connectivity index (χ3v) is 4.29. The molecule has 0 fully saturated rings. The highest BCUT2D eigenvalue weighted by Gasteiger charge is 2.15. The van der Waals surface area contributed by atoms with E-state index < -0.39 is 10.0 Å². The molecule has 108 valence electrons. The van der Waals surface area contributed by atoms with Gasteiger partial charge in [-0.05, 0) is 23.8 Å². The smallest absolute Gasteiger partial charge is 0.257 e. The molecule has 21 heavy (non-hydrogen) atoms. The second-order valence-corrected chi connectivity index (χ2v) is 6.06. The largest absolute Gasteiger partial charge is 0.266 e. The Bertz CT molecular complexity index is 810. The molecule has 2 aromatic heterocycles. The molecule has 0 radical (unpaired) electrons. The Hall–Kier alpha value is -2.45. The molecule has 0 unspecified atom stereocenters. The van der Waals surface area contributed by atoms with Crippen LogP contribution in [0.5, 0.6) is 0 Å². The second-order valence-electron chi connectivity index (χ2n) is 4.32. The minimum atomic E-state index is -3.60. The number of hydrogen-bond acceptors (Lipinski definition) is 4. The van der Waals surface area contributed by atoms with Gasteiger partial charge in [-0.15, -0.1) is 0 Å². The summed E-state index contributed by atoms with van der Waals surface area (Å²) < 4.78 is 28.4. The van der Waals surface area contributed by atoms with Crippen molar-refractivity contribution in [3.63, 3.8) is 0 Å². The van der Waals surface area contributed by atoms with Crippen molar-refractivity contribution in [1.82, 2.24) is 24.7 Å². The third-order valence-electron chi connectivity index (χ3n) is 2.96. The average Bonchev–Trinajstić information content (AvgIpc) is 3.18. The monoisotopic (exact) mass is 303 g/mol. The van der Waals surface area contributed by atoms with Gasteiger partial charge in [0.05, 0.1) is 11.9 Å². The van der Waals surface area contributed by atoms with Crippen LogP contribution in [0.3, 0.4) is 0 Å². The molecule has 8 heteroatoms. The zero-order chi connectivity index (χ0) is 14.7. The van der Waals surface area contributed by atoms with E-state index in [2.05, 4.69) is 20.0 Å². The Morgan fingerprint density at radius 3 is 2.71 bits per heavy atom. The summed E-state index contributed by atoms with van der Waals surface area (Å²) in [4.78, 5) is 0. The first kappa shape index (κ1) is 13.5. The van der Waals surface area contributed by atoms with Gasteiger partial charge in [-0.1, -0.05) is 18.2 Å². The van der Waals surface area contributed by atoms with Crippen molar-refractivity contribution < 1.29 is 8.42 Å². The Labute approximate surface area is 121 Å². The van der Waals surface area contributed by atoms with E-state index in [0.29, 0.717) is 0 Å². The molecule has 0 spiro atoms. The third kappa shape index (κ3) is 2.86. The maximum absolute atomic E-state index is 12.1. The van der Waals surface area contributed by atoms with E-state index >= 15 is 0 Å². The van der Waals surface area contributed by atoms with E-state index in [1.54, 1.807) is 10.9 Å². The summed E-state index contributed by atoms with van der Waals surface area (Å²) in [7, 11) is -3.60. The minimum Gasteiger partial charge on any atom is -0.266 e. The second kappa shape index (κ2) is 5.51. The molecular formula is C13H13N5O2S. The van der Waals surface area contributed by atoms with E-state index in [9.17, 15) is 8.42 Å². The fraction of sp³-hybridized carbons (Fsp3) is 0.0769. The van der Waals surface area contributed by atoms with Gasteiger partial charge in [-0.2, -0.15) is 10.2 Å². The molecular weight excluding hydrogens is 290 g/mol. The van der Waals surface area contributed by atoms with Crippen LogP contribution >= 0.6 is 0 Å². The van der Waals surface area contributed by atoms with Crippen LogP contribution in [0.2, 0.25) is 0 Å². The number of aromatic amines is 1. The van der Waals surface area contributed by atoms with Crippen molar-refractivity contribution >= 4 is 10.0 Å². The molecule has 1 aromatic carbocycles. The molecule has 2 heterocycles. The van der Waals surface area contributed by atoms with Crippen LogP contribution in [-0.4, -0.2) is 28.4 Å². The number of nitrogens with zero attached hydrogens (tertiary/aromatic N) is 3. The van der Waals surface area contributed by atoms with Crippen molar-refractivity contribution in [1.29, 1.82) is 0 Å². The maximum Gasteiger partial charge on any atom is 0.257 e. The standard InChI is InChI=1S/C13H13N5O2S/c19-21(20,13-6-8-14-17-13)16-10-11-4-1-2-5-12(11)18-9-3-7-15-18/h1-9,16H,10H2,(H,14,17). The van der Waals surface area contributed by atoms with Crippen LogP contribution in [0.15, 0.2) is 60.0 Å². The van der Waals surface area contributed by atoms with Gasteiger partial charge in [0.15, 0.2) is 5.03 Å². The van der Waals surface area contributed by atoms with Crippen LogP contribution in [0, 0.1) is 0 Å². The molecule has 2 N–H and O–H groups in total. The number of para-hydroxylation sites is 1. The first-order valence-corrected chi connectivity index (χ1v) is 7.72. The zero-order valence-electron chi connectivity index (χ0n) is 11.0. The molecule has 0 aliphatic heterocycles. The Balaban J connectivity index is 1.84. The summed E-state index contributed by atoms with van der Waals surface area (Å²) in [6.45, 7) is 0.164. The SMILES string of the molecule is O=S(=O)(NCc1ccccc1-n1cccn1)c1ccn[nH]1. The molecule has 3 aromatic rings. The predicted molar refractivity (Wildman–Crippen MR) is 76.2 cm³/mol. The van der Waals surface area contributed by atoms with E-state index in [1.165, 1.54) is 12.3 Å². The number of nitrogens with one attached hydrogen (secondary N) is 2. The maximum atomic E-state index is 12.1. The molecule has 0 aliphatic rings. The first-order chi connectivity index (χ1) is 10.2. The lowest BCUT2D eigenvalue weighted by molar-refractivity contribution is 0.576. The van der Waals surface area contributed by atoms with Crippen LogP contribution in [0.4, 0.5) is 0 Å². The fourth-order valence-electron chi connectivity index (χ4n) is 1.94. The summed E-state index contributed by atoms with van der Waals surface area (Å²) in [6.07, 6.45) is 4.88. The highest BCUT2D eigenvalue weighted by molar-refractivity contribution is 7.89. The number of sulfonamides is 1. The molecule has 0 atom stereocenters. The highest BCUT2D eigenvalue weighted by atomic mass is 32.2. The average molecular weight is 303 g/mol.